The van der Waals surface area contributed by atoms with Crippen molar-refractivity contribution in [3.8, 4) is 12.3 Å². The molecule has 0 unspecified atom stereocenters. The van der Waals surface area contributed by atoms with Gasteiger partial charge in [-0.3, -0.25) is 14.5 Å². The van der Waals surface area contributed by atoms with E-state index in [1.165, 1.54) is 4.90 Å². The van der Waals surface area contributed by atoms with E-state index in [4.69, 9.17) is 6.42 Å². The number of imide groups is 1. The van der Waals surface area contributed by atoms with Gasteiger partial charge in [-0.2, -0.15) is 0 Å². The summed E-state index contributed by atoms with van der Waals surface area (Å²) in [7, 11) is 0. The average molecular weight is 225 g/mol. The van der Waals surface area contributed by atoms with Gasteiger partial charge in [0.15, 0.2) is 0 Å². The Labute approximate surface area is 99.7 Å². The van der Waals surface area contributed by atoms with Crippen molar-refractivity contribution in [1.29, 1.82) is 0 Å². The Morgan fingerprint density at radius 2 is 1.82 bits per heavy atom. The monoisotopic (exact) mass is 225 g/mol. The smallest absolute Gasteiger partial charge is 0.261 e. The highest BCUT2D eigenvalue weighted by molar-refractivity contribution is 6.21. The first kappa shape index (κ1) is 11.2. The molecule has 0 atom stereocenters. The number of rotatable bonds is 2. The molecule has 2 amide bonds. The maximum absolute atomic E-state index is 11.9. The minimum Gasteiger partial charge on any atom is -0.270 e. The molecule has 0 aromatic heterocycles. The summed E-state index contributed by atoms with van der Waals surface area (Å²) in [6, 6.07) is 6.81. The topological polar surface area (TPSA) is 37.4 Å². The first-order chi connectivity index (χ1) is 8.15. The van der Waals surface area contributed by atoms with Crippen LogP contribution in [-0.4, -0.2) is 23.3 Å². The Morgan fingerprint density at radius 3 is 2.29 bits per heavy atom. The second-order valence-corrected chi connectivity index (χ2v) is 3.80. The highest BCUT2D eigenvalue weighted by Crippen LogP contribution is 2.22. The van der Waals surface area contributed by atoms with E-state index in [1.807, 2.05) is 0 Å². The standard InChI is InChI=1S/C14H11NO2/c1-3-10(2)8-9-15-13(16)11-6-4-5-7-12(11)14(15)17/h1,4-8H,9H2,2H3/b10-8-. The van der Waals surface area contributed by atoms with Crippen LogP contribution in [0.4, 0.5) is 0 Å². The van der Waals surface area contributed by atoms with Gasteiger partial charge in [0.05, 0.1) is 11.1 Å². The normalized spacial score (nSPS) is 14.8. The molecule has 1 aliphatic rings. The predicted octanol–water partition coefficient (Wildman–Crippen LogP) is 1.86. The number of nitrogens with zero attached hydrogens (tertiary/aromatic N) is 1. The molecule has 1 aliphatic heterocycles. The van der Waals surface area contributed by atoms with E-state index >= 15 is 0 Å². The summed E-state index contributed by atoms with van der Waals surface area (Å²) in [6.45, 7) is 1.99. The van der Waals surface area contributed by atoms with Crippen molar-refractivity contribution >= 4 is 11.8 Å². The van der Waals surface area contributed by atoms with Crippen molar-refractivity contribution in [2.75, 3.05) is 6.54 Å². The van der Waals surface area contributed by atoms with Gasteiger partial charge in [-0.15, -0.1) is 6.42 Å². The Morgan fingerprint density at radius 1 is 1.29 bits per heavy atom. The van der Waals surface area contributed by atoms with Gasteiger partial charge in [-0.25, -0.2) is 0 Å². The lowest BCUT2D eigenvalue weighted by molar-refractivity contribution is 0.0672. The molecule has 2 rings (SSSR count). The first-order valence-corrected chi connectivity index (χ1v) is 5.23. The minimum absolute atomic E-state index is 0.225. The lowest BCUT2D eigenvalue weighted by Crippen LogP contribution is -2.29. The Bertz CT molecular complexity index is 529. The molecule has 1 heterocycles. The fourth-order valence-electron chi connectivity index (χ4n) is 1.69. The van der Waals surface area contributed by atoms with Crippen molar-refractivity contribution in [1.82, 2.24) is 4.90 Å². The molecular formula is C14H11NO2. The van der Waals surface area contributed by atoms with Crippen LogP contribution in [0, 0.1) is 12.3 Å². The Hall–Kier alpha value is -2.34. The van der Waals surface area contributed by atoms with Crippen molar-refractivity contribution in [3.63, 3.8) is 0 Å². The van der Waals surface area contributed by atoms with Crippen LogP contribution >= 0.6 is 0 Å². The zero-order chi connectivity index (χ0) is 12.4. The van der Waals surface area contributed by atoms with Crippen molar-refractivity contribution in [2.24, 2.45) is 0 Å². The third kappa shape index (κ3) is 1.85. The summed E-state index contributed by atoms with van der Waals surface area (Å²) in [5.74, 6) is 1.94. The second kappa shape index (κ2) is 4.26. The fourth-order valence-corrected chi connectivity index (χ4v) is 1.69. The molecule has 0 bridgehead atoms. The molecule has 0 fully saturated rings. The van der Waals surface area contributed by atoms with Crippen LogP contribution < -0.4 is 0 Å². The van der Waals surface area contributed by atoms with Gasteiger partial charge >= 0.3 is 0 Å². The molecule has 0 saturated heterocycles. The quantitative estimate of drug-likeness (QED) is 0.569. The van der Waals surface area contributed by atoms with Gasteiger partial charge in [-0.05, 0) is 24.6 Å². The predicted molar refractivity (Wildman–Crippen MR) is 64.4 cm³/mol. The number of carbonyl (C=O) groups excluding carboxylic acids is 2. The number of carbonyl (C=O) groups is 2. The number of benzene rings is 1. The van der Waals surface area contributed by atoms with Gasteiger partial charge in [-0.1, -0.05) is 24.1 Å². The molecule has 84 valence electrons. The molecule has 17 heavy (non-hydrogen) atoms. The van der Waals surface area contributed by atoms with E-state index < -0.39 is 0 Å². The lowest BCUT2D eigenvalue weighted by atomic mass is 10.1. The minimum atomic E-state index is -0.258. The van der Waals surface area contributed by atoms with Crippen LogP contribution in [0.15, 0.2) is 35.9 Å². The average Bonchev–Trinajstić information content (AvgIpc) is 2.60. The molecular weight excluding hydrogens is 214 g/mol. The van der Waals surface area contributed by atoms with E-state index in [0.29, 0.717) is 16.7 Å². The van der Waals surface area contributed by atoms with E-state index in [1.54, 1.807) is 37.3 Å². The van der Waals surface area contributed by atoms with Crippen molar-refractivity contribution in [3.05, 3.63) is 47.0 Å². The number of amides is 2. The summed E-state index contributed by atoms with van der Waals surface area (Å²) < 4.78 is 0. The molecule has 0 radical (unpaired) electrons. The molecule has 0 spiro atoms. The Kier molecular flexibility index (Phi) is 2.80. The van der Waals surface area contributed by atoms with E-state index in [9.17, 15) is 9.59 Å². The van der Waals surface area contributed by atoms with Crippen LogP contribution in [0.25, 0.3) is 0 Å². The van der Waals surface area contributed by atoms with Gasteiger partial charge in [0, 0.05) is 6.54 Å². The highest BCUT2D eigenvalue weighted by Gasteiger charge is 2.34. The third-order valence-corrected chi connectivity index (χ3v) is 2.69. The number of fused-ring (bicyclic) bond motifs is 1. The van der Waals surface area contributed by atoms with Gasteiger partial charge in [0.1, 0.15) is 0 Å². The molecule has 0 saturated carbocycles. The number of terminal acetylenes is 1. The fraction of sp³-hybridized carbons (Fsp3) is 0.143. The summed E-state index contributed by atoms with van der Waals surface area (Å²) in [5.41, 5.74) is 1.63. The highest BCUT2D eigenvalue weighted by atomic mass is 16.2. The van der Waals surface area contributed by atoms with Crippen molar-refractivity contribution in [2.45, 2.75) is 6.92 Å². The second-order valence-electron chi connectivity index (χ2n) is 3.80. The molecule has 0 N–H and O–H groups in total. The van der Waals surface area contributed by atoms with E-state index in [-0.39, 0.29) is 18.4 Å². The molecule has 1 aromatic rings. The largest absolute Gasteiger partial charge is 0.270 e. The number of hydrogen-bond acceptors (Lipinski definition) is 2. The van der Waals surface area contributed by atoms with Gasteiger partial charge in [0.2, 0.25) is 0 Å². The molecule has 1 aromatic carbocycles. The summed E-state index contributed by atoms with van der Waals surface area (Å²) in [6.07, 6.45) is 6.90. The zero-order valence-corrected chi connectivity index (χ0v) is 9.43. The van der Waals surface area contributed by atoms with E-state index in [2.05, 4.69) is 5.92 Å². The maximum Gasteiger partial charge on any atom is 0.261 e. The van der Waals surface area contributed by atoms with Gasteiger partial charge < -0.3 is 0 Å². The Balaban J connectivity index is 2.28. The van der Waals surface area contributed by atoms with Crippen LogP contribution in [0.1, 0.15) is 27.6 Å². The molecule has 0 aliphatic carbocycles. The SMILES string of the molecule is C#C/C(C)=C\CN1C(=O)c2ccccc2C1=O. The molecule has 3 heteroatoms. The van der Waals surface area contributed by atoms with Crippen LogP contribution in [0.3, 0.4) is 0 Å². The maximum atomic E-state index is 11.9. The van der Waals surface area contributed by atoms with E-state index in [0.717, 1.165) is 0 Å². The van der Waals surface area contributed by atoms with Crippen LogP contribution in [0.5, 0.6) is 0 Å². The summed E-state index contributed by atoms with van der Waals surface area (Å²) in [5, 5.41) is 0. The summed E-state index contributed by atoms with van der Waals surface area (Å²) >= 11 is 0. The van der Waals surface area contributed by atoms with Crippen molar-refractivity contribution < 1.29 is 9.59 Å². The number of hydrogen-bond donors (Lipinski definition) is 0. The van der Waals surface area contributed by atoms with Crippen LogP contribution in [0.2, 0.25) is 0 Å². The number of allylic oxidation sites excluding steroid dienone is 1. The first-order valence-electron chi connectivity index (χ1n) is 5.23. The third-order valence-electron chi connectivity index (χ3n) is 2.69. The molecule has 3 nitrogen and oxygen atoms in total. The summed E-state index contributed by atoms with van der Waals surface area (Å²) in [4.78, 5) is 25.1. The van der Waals surface area contributed by atoms with Gasteiger partial charge in [0.25, 0.3) is 11.8 Å². The van der Waals surface area contributed by atoms with Crippen LogP contribution in [-0.2, 0) is 0 Å². The lowest BCUT2D eigenvalue weighted by Gasteiger charge is -2.10. The zero-order valence-electron chi connectivity index (χ0n) is 9.43.